The van der Waals surface area contributed by atoms with E-state index in [0.717, 1.165) is 70.1 Å². The Kier molecular flexibility index (Phi) is 9.53. The van der Waals surface area contributed by atoms with Crippen LogP contribution in [-0.4, -0.2) is 54.1 Å². The monoisotopic (exact) mass is 532 g/mol. The molecule has 39 heavy (non-hydrogen) atoms. The van der Waals surface area contributed by atoms with E-state index >= 15 is 0 Å². The van der Waals surface area contributed by atoms with Gasteiger partial charge in [0, 0.05) is 37.2 Å². The summed E-state index contributed by atoms with van der Waals surface area (Å²) in [4.78, 5) is 29.2. The van der Waals surface area contributed by atoms with Crippen molar-refractivity contribution >= 4 is 17.5 Å². The number of rotatable bonds is 11. The van der Waals surface area contributed by atoms with Crippen LogP contribution in [0.4, 0.5) is 5.69 Å². The average molecular weight is 533 g/mol. The van der Waals surface area contributed by atoms with Crippen LogP contribution < -0.4 is 16.0 Å². The van der Waals surface area contributed by atoms with E-state index in [1.807, 2.05) is 0 Å². The number of nitrogens with one attached hydrogen (secondary N) is 3. The largest absolute Gasteiger partial charge is 0.395 e. The zero-order chi connectivity index (χ0) is 27.0. The lowest BCUT2D eigenvalue weighted by Crippen LogP contribution is -2.50. The molecule has 3 aliphatic rings. The number of carbonyl (C=O) groups excluding carboxylic acids is 2. The molecule has 5 rings (SSSR count). The first kappa shape index (κ1) is 27.7. The first-order chi connectivity index (χ1) is 19.2. The van der Waals surface area contributed by atoms with Crippen molar-refractivity contribution in [3.63, 3.8) is 0 Å². The Bertz CT molecular complexity index is 1090. The second kappa shape index (κ2) is 13.4. The smallest absolute Gasteiger partial charge is 0.228 e. The van der Waals surface area contributed by atoms with Crippen molar-refractivity contribution in [1.82, 2.24) is 15.5 Å². The van der Waals surface area contributed by atoms with Gasteiger partial charge in [0.1, 0.15) is 0 Å². The predicted octanol–water partition coefficient (Wildman–Crippen LogP) is 4.56. The zero-order valence-electron chi connectivity index (χ0n) is 23.0. The maximum Gasteiger partial charge on any atom is 0.228 e. The molecule has 2 amide bonds. The van der Waals surface area contributed by atoms with Gasteiger partial charge in [-0.3, -0.25) is 9.59 Å². The molecule has 7 nitrogen and oxygen atoms in total. The number of carbonyl (C=O) groups is 2. The van der Waals surface area contributed by atoms with Gasteiger partial charge in [-0.25, -0.2) is 0 Å². The summed E-state index contributed by atoms with van der Waals surface area (Å²) in [6.45, 7) is 2.39. The van der Waals surface area contributed by atoms with Gasteiger partial charge in [0.15, 0.2) is 0 Å². The van der Waals surface area contributed by atoms with E-state index in [1.165, 1.54) is 11.1 Å². The molecule has 0 bridgehead atoms. The number of fused-ring (bicyclic) bond motifs is 3. The molecule has 2 heterocycles. The topological polar surface area (TPSA) is 93.7 Å². The molecule has 0 unspecified atom stereocenters. The number of anilines is 1. The fourth-order valence-electron chi connectivity index (χ4n) is 6.97. The van der Waals surface area contributed by atoms with Gasteiger partial charge in [-0.15, -0.1) is 0 Å². The van der Waals surface area contributed by atoms with E-state index in [1.54, 1.807) is 0 Å². The summed E-state index contributed by atoms with van der Waals surface area (Å²) in [5, 5.41) is 19.1. The van der Waals surface area contributed by atoms with E-state index in [-0.39, 0.29) is 42.5 Å². The molecule has 5 atom stereocenters. The number of likely N-dealkylation sites (tertiary alicyclic amines) is 1. The van der Waals surface area contributed by atoms with Crippen molar-refractivity contribution in [2.75, 3.05) is 31.6 Å². The second-order valence-corrected chi connectivity index (χ2v) is 11.4. The van der Waals surface area contributed by atoms with Crippen molar-refractivity contribution in [3.8, 4) is 0 Å². The summed E-state index contributed by atoms with van der Waals surface area (Å²) >= 11 is 0. The summed E-state index contributed by atoms with van der Waals surface area (Å²) in [7, 11) is 0. The Morgan fingerprint density at radius 3 is 2.56 bits per heavy atom. The van der Waals surface area contributed by atoms with E-state index in [9.17, 15) is 9.59 Å². The molecular weight excluding hydrogens is 488 g/mol. The summed E-state index contributed by atoms with van der Waals surface area (Å²) < 4.78 is 0. The first-order valence-electron chi connectivity index (χ1n) is 15.0. The quantitative estimate of drug-likeness (QED) is 0.319. The fraction of sp³-hybridized carbons (Fsp3) is 0.562. The normalized spacial score (nSPS) is 25.9. The van der Waals surface area contributed by atoms with Crippen molar-refractivity contribution < 1.29 is 14.7 Å². The van der Waals surface area contributed by atoms with E-state index < -0.39 is 0 Å². The number of benzene rings is 2. The van der Waals surface area contributed by atoms with Gasteiger partial charge in [-0.2, -0.15) is 0 Å². The van der Waals surface area contributed by atoms with Crippen LogP contribution in [0.1, 0.15) is 81.0 Å². The highest BCUT2D eigenvalue weighted by atomic mass is 16.3. The third kappa shape index (κ3) is 6.47. The van der Waals surface area contributed by atoms with Gasteiger partial charge in [-0.1, -0.05) is 67.8 Å². The number of hydrogen-bond donors (Lipinski definition) is 4. The fourth-order valence-corrected chi connectivity index (χ4v) is 6.97. The first-order valence-corrected chi connectivity index (χ1v) is 15.0. The van der Waals surface area contributed by atoms with E-state index in [0.29, 0.717) is 18.9 Å². The zero-order valence-corrected chi connectivity index (χ0v) is 23.0. The SMILES string of the molecule is O=C(CCCCCNCCO)N[C@@H]1CCCC[C@@H]1C(=O)N1CC[C@H]2[C@H](c3ccccc3)Nc3ccccc3[C@@H]21. The molecule has 2 aromatic carbocycles. The van der Waals surface area contributed by atoms with Crippen molar-refractivity contribution in [2.24, 2.45) is 11.8 Å². The van der Waals surface area contributed by atoms with Gasteiger partial charge in [0.25, 0.3) is 0 Å². The third-order valence-corrected chi connectivity index (χ3v) is 8.88. The number of aliphatic hydroxyl groups excluding tert-OH is 1. The van der Waals surface area contributed by atoms with Crippen LogP contribution in [-0.2, 0) is 9.59 Å². The average Bonchev–Trinajstić information content (AvgIpc) is 3.42. The minimum atomic E-state index is -0.152. The Morgan fingerprint density at radius 2 is 1.72 bits per heavy atom. The molecule has 2 fully saturated rings. The van der Waals surface area contributed by atoms with Gasteiger partial charge in [0.2, 0.25) is 11.8 Å². The number of para-hydroxylation sites is 1. The van der Waals surface area contributed by atoms with Crippen LogP contribution >= 0.6 is 0 Å². The van der Waals surface area contributed by atoms with E-state index in [4.69, 9.17) is 5.11 Å². The molecule has 0 radical (unpaired) electrons. The molecule has 0 spiro atoms. The molecule has 7 heteroatoms. The molecule has 0 aromatic heterocycles. The van der Waals surface area contributed by atoms with Crippen LogP contribution in [0.3, 0.4) is 0 Å². The molecular formula is C32H44N4O3. The second-order valence-electron chi connectivity index (χ2n) is 11.4. The lowest BCUT2D eigenvalue weighted by atomic mass is 9.79. The van der Waals surface area contributed by atoms with Gasteiger partial charge in [-0.05, 0) is 55.8 Å². The molecule has 1 saturated heterocycles. The van der Waals surface area contributed by atoms with E-state index in [2.05, 4.69) is 75.4 Å². The summed E-state index contributed by atoms with van der Waals surface area (Å²) in [6.07, 6.45) is 8.10. The number of amides is 2. The maximum absolute atomic E-state index is 14.2. The van der Waals surface area contributed by atoms with Gasteiger partial charge < -0.3 is 26.0 Å². The standard InChI is InChI=1S/C32H44N4O3/c37-22-20-33-19-10-2-5-17-29(38)34-28-16-9-7-14-25(28)32(39)36-21-18-26-30(23-11-3-1-4-12-23)35-27-15-8-6-13-24(27)31(26)36/h1,3-4,6,8,11-13,15,25-26,28,30-31,33,35,37H,2,5,7,9-10,14,16-22H2,(H,34,38)/t25-,26-,28+,30-,31-/m0/s1. The van der Waals surface area contributed by atoms with Crippen molar-refractivity contribution in [3.05, 3.63) is 65.7 Å². The number of hydrogen-bond acceptors (Lipinski definition) is 5. The molecule has 1 aliphatic carbocycles. The highest BCUT2D eigenvalue weighted by molar-refractivity contribution is 5.83. The Labute approximate surface area is 232 Å². The van der Waals surface area contributed by atoms with Crippen LogP contribution in [0.25, 0.3) is 0 Å². The van der Waals surface area contributed by atoms with Gasteiger partial charge in [0.05, 0.1) is 24.6 Å². The van der Waals surface area contributed by atoms with Crippen LogP contribution in [0.2, 0.25) is 0 Å². The summed E-state index contributed by atoms with van der Waals surface area (Å²) in [6, 6.07) is 19.2. The van der Waals surface area contributed by atoms with Crippen LogP contribution in [0.15, 0.2) is 54.6 Å². The highest BCUT2D eigenvalue weighted by Gasteiger charge is 2.48. The molecule has 1 saturated carbocycles. The highest BCUT2D eigenvalue weighted by Crippen LogP contribution is 2.51. The lowest BCUT2D eigenvalue weighted by Gasteiger charge is -2.42. The minimum Gasteiger partial charge on any atom is -0.395 e. The number of nitrogens with zero attached hydrogens (tertiary/aromatic N) is 1. The van der Waals surface area contributed by atoms with Gasteiger partial charge >= 0.3 is 0 Å². The third-order valence-electron chi connectivity index (χ3n) is 8.88. The summed E-state index contributed by atoms with van der Waals surface area (Å²) in [5.41, 5.74) is 3.60. The Hall–Kier alpha value is -2.90. The van der Waals surface area contributed by atoms with Crippen molar-refractivity contribution in [2.45, 2.75) is 75.9 Å². The Morgan fingerprint density at radius 1 is 0.923 bits per heavy atom. The maximum atomic E-state index is 14.2. The van der Waals surface area contributed by atoms with Crippen LogP contribution in [0, 0.1) is 11.8 Å². The summed E-state index contributed by atoms with van der Waals surface area (Å²) in [5.74, 6) is 0.445. The number of unbranched alkanes of at least 4 members (excludes halogenated alkanes) is 2. The molecule has 2 aliphatic heterocycles. The Balaban J connectivity index is 1.25. The van der Waals surface area contributed by atoms with Crippen molar-refractivity contribution in [1.29, 1.82) is 0 Å². The minimum absolute atomic E-state index is 0.0536. The predicted molar refractivity (Wildman–Crippen MR) is 154 cm³/mol. The lowest BCUT2D eigenvalue weighted by molar-refractivity contribution is -0.139. The number of aliphatic hydroxyl groups is 1. The van der Waals surface area contributed by atoms with Crippen LogP contribution in [0.5, 0.6) is 0 Å². The molecule has 4 N–H and O–H groups in total. The molecule has 210 valence electrons. The molecule has 2 aromatic rings.